The predicted molar refractivity (Wildman–Crippen MR) is 85.7 cm³/mol. The Kier molecular flexibility index (Phi) is 3.35. The minimum atomic E-state index is 0.742. The first-order chi connectivity index (χ1) is 10.7. The molecular formula is C16H18N4OS. The van der Waals surface area contributed by atoms with Gasteiger partial charge in [0.2, 0.25) is 5.89 Å². The molecule has 6 heteroatoms. The lowest BCUT2D eigenvalue weighted by Gasteiger charge is -2.25. The normalized spacial score (nSPS) is 15.2. The van der Waals surface area contributed by atoms with E-state index in [0.29, 0.717) is 0 Å². The lowest BCUT2D eigenvalue weighted by atomic mass is 10.1. The Balaban J connectivity index is 1.53. The highest BCUT2D eigenvalue weighted by molar-refractivity contribution is 7.15. The lowest BCUT2D eigenvalue weighted by Crippen LogP contribution is -2.30. The Morgan fingerprint density at radius 2 is 2.27 bits per heavy atom. The average Bonchev–Trinajstić information content (AvgIpc) is 3.20. The minimum Gasteiger partial charge on any atom is -0.440 e. The molecule has 0 spiro atoms. The maximum absolute atomic E-state index is 5.86. The fourth-order valence-corrected chi connectivity index (χ4v) is 3.65. The van der Waals surface area contributed by atoms with E-state index in [-0.39, 0.29) is 0 Å². The van der Waals surface area contributed by atoms with E-state index in [0.717, 1.165) is 48.3 Å². The molecule has 114 valence electrons. The second kappa shape index (κ2) is 5.37. The summed E-state index contributed by atoms with van der Waals surface area (Å²) in [4.78, 5) is 9.48. The van der Waals surface area contributed by atoms with Crippen LogP contribution in [0.5, 0.6) is 0 Å². The van der Waals surface area contributed by atoms with E-state index in [9.17, 15) is 0 Å². The van der Waals surface area contributed by atoms with Crippen molar-refractivity contribution in [1.82, 2.24) is 20.1 Å². The van der Waals surface area contributed by atoms with Gasteiger partial charge in [0.15, 0.2) is 0 Å². The van der Waals surface area contributed by atoms with E-state index >= 15 is 0 Å². The molecular weight excluding hydrogens is 296 g/mol. The van der Waals surface area contributed by atoms with Crippen LogP contribution in [0.2, 0.25) is 0 Å². The molecule has 1 aliphatic heterocycles. The van der Waals surface area contributed by atoms with Gasteiger partial charge in [-0.05, 0) is 26.0 Å². The third-order valence-electron chi connectivity index (χ3n) is 4.10. The van der Waals surface area contributed by atoms with Crippen molar-refractivity contribution in [1.29, 1.82) is 0 Å². The Morgan fingerprint density at radius 3 is 3.09 bits per heavy atom. The molecule has 0 saturated carbocycles. The molecule has 0 unspecified atom stereocenters. The van der Waals surface area contributed by atoms with Crippen LogP contribution in [-0.4, -0.2) is 26.6 Å². The maximum atomic E-state index is 5.86. The molecule has 0 aromatic carbocycles. The standard InChI is InChI=1S/C16H18N4OS/c1-10-3-4-15(22-10)16-18-14(11(2)21-16)9-20-6-5-13-12(8-20)7-17-19-13/h3-4,7H,5-6,8-9H2,1-2H3,(H,17,19). The van der Waals surface area contributed by atoms with E-state index in [2.05, 4.69) is 34.2 Å². The summed E-state index contributed by atoms with van der Waals surface area (Å²) in [6.45, 7) is 6.87. The number of aromatic amines is 1. The second-order valence-corrected chi connectivity index (χ2v) is 7.05. The molecule has 4 rings (SSSR count). The monoisotopic (exact) mass is 314 g/mol. The van der Waals surface area contributed by atoms with Gasteiger partial charge in [0.1, 0.15) is 5.76 Å². The smallest absolute Gasteiger partial charge is 0.236 e. The highest BCUT2D eigenvalue weighted by Gasteiger charge is 2.21. The Bertz CT molecular complexity index is 801. The molecule has 4 heterocycles. The van der Waals surface area contributed by atoms with Gasteiger partial charge < -0.3 is 4.42 Å². The van der Waals surface area contributed by atoms with Crippen molar-refractivity contribution in [2.45, 2.75) is 33.4 Å². The van der Waals surface area contributed by atoms with Crippen molar-refractivity contribution in [3.05, 3.63) is 45.9 Å². The third-order valence-corrected chi connectivity index (χ3v) is 5.09. The summed E-state index contributed by atoms with van der Waals surface area (Å²) >= 11 is 1.72. The number of aromatic nitrogens is 3. The number of nitrogens with one attached hydrogen (secondary N) is 1. The van der Waals surface area contributed by atoms with Crippen LogP contribution in [0.15, 0.2) is 22.7 Å². The number of rotatable bonds is 3. The molecule has 3 aromatic heterocycles. The van der Waals surface area contributed by atoms with Gasteiger partial charge in [-0.3, -0.25) is 10.00 Å². The van der Waals surface area contributed by atoms with E-state index in [1.165, 1.54) is 16.1 Å². The number of hydrogen-bond acceptors (Lipinski definition) is 5. The fourth-order valence-electron chi connectivity index (χ4n) is 2.86. The SMILES string of the molecule is Cc1ccc(-c2nc(CN3CCc4[nH]ncc4C3)c(C)o2)s1. The van der Waals surface area contributed by atoms with Crippen molar-refractivity contribution in [2.24, 2.45) is 0 Å². The van der Waals surface area contributed by atoms with Crippen molar-refractivity contribution in [3.63, 3.8) is 0 Å². The van der Waals surface area contributed by atoms with E-state index < -0.39 is 0 Å². The summed E-state index contributed by atoms with van der Waals surface area (Å²) in [5.41, 5.74) is 3.59. The molecule has 1 aliphatic rings. The molecule has 0 saturated heterocycles. The van der Waals surface area contributed by atoms with Crippen LogP contribution < -0.4 is 0 Å². The predicted octanol–water partition coefficient (Wildman–Crippen LogP) is 3.30. The zero-order valence-corrected chi connectivity index (χ0v) is 13.5. The summed E-state index contributed by atoms with van der Waals surface area (Å²) in [7, 11) is 0. The molecule has 0 radical (unpaired) electrons. The maximum Gasteiger partial charge on any atom is 0.236 e. The number of hydrogen-bond donors (Lipinski definition) is 1. The van der Waals surface area contributed by atoms with E-state index in [4.69, 9.17) is 9.40 Å². The average molecular weight is 314 g/mol. The lowest BCUT2D eigenvalue weighted by molar-refractivity contribution is 0.241. The van der Waals surface area contributed by atoms with Crippen LogP contribution in [0.4, 0.5) is 0 Å². The van der Waals surface area contributed by atoms with Gasteiger partial charge in [-0.2, -0.15) is 5.10 Å². The quantitative estimate of drug-likeness (QED) is 0.806. The van der Waals surface area contributed by atoms with E-state index in [1.807, 2.05) is 13.1 Å². The summed E-state index contributed by atoms with van der Waals surface area (Å²) in [6.07, 6.45) is 2.94. The Hall–Kier alpha value is -1.92. The topological polar surface area (TPSA) is 58.0 Å². The van der Waals surface area contributed by atoms with Gasteiger partial charge >= 0.3 is 0 Å². The number of aryl methyl sites for hydroxylation is 2. The molecule has 0 aliphatic carbocycles. The number of fused-ring (bicyclic) bond motifs is 1. The zero-order valence-electron chi connectivity index (χ0n) is 12.7. The summed E-state index contributed by atoms with van der Waals surface area (Å²) in [5, 5.41) is 7.20. The first-order valence-corrected chi connectivity index (χ1v) is 8.27. The van der Waals surface area contributed by atoms with Crippen molar-refractivity contribution >= 4 is 11.3 Å². The molecule has 22 heavy (non-hydrogen) atoms. The van der Waals surface area contributed by atoms with Gasteiger partial charge in [-0.25, -0.2) is 4.98 Å². The van der Waals surface area contributed by atoms with Crippen LogP contribution in [0.1, 0.15) is 27.6 Å². The van der Waals surface area contributed by atoms with Gasteiger partial charge in [-0.1, -0.05) is 0 Å². The van der Waals surface area contributed by atoms with E-state index in [1.54, 1.807) is 11.3 Å². The summed E-state index contributed by atoms with van der Waals surface area (Å²) in [5.74, 6) is 1.66. The van der Waals surface area contributed by atoms with Crippen molar-refractivity contribution in [3.8, 4) is 10.8 Å². The molecule has 1 N–H and O–H groups in total. The van der Waals surface area contributed by atoms with Crippen molar-refractivity contribution < 1.29 is 4.42 Å². The van der Waals surface area contributed by atoms with Crippen molar-refractivity contribution in [2.75, 3.05) is 6.54 Å². The molecule has 5 nitrogen and oxygen atoms in total. The molecule has 0 amide bonds. The number of nitrogens with zero attached hydrogens (tertiary/aromatic N) is 3. The van der Waals surface area contributed by atoms with Gasteiger partial charge in [0.05, 0.1) is 16.8 Å². The van der Waals surface area contributed by atoms with Gasteiger partial charge in [0.25, 0.3) is 0 Å². The Morgan fingerprint density at radius 1 is 1.36 bits per heavy atom. The Labute approximate surface area is 133 Å². The minimum absolute atomic E-state index is 0.742. The summed E-state index contributed by atoms with van der Waals surface area (Å²) in [6, 6.07) is 4.18. The molecule has 3 aromatic rings. The van der Waals surface area contributed by atoms with Crippen LogP contribution >= 0.6 is 11.3 Å². The number of H-pyrrole nitrogens is 1. The number of oxazole rings is 1. The van der Waals surface area contributed by atoms with Crippen LogP contribution in [0.25, 0.3) is 10.8 Å². The van der Waals surface area contributed by atoms with Crippen LogP contribution in [0.3, 0.4) is 0 Å². The van der Waals surface area contributed by atoms with Crippen LogP contribution in [-0.2, 0) is 19.5 Å². The fraction of sp³-hybridized carbons (Fsp3) is 0.375. The highest BCUT2D eigenvalue weighted by atomic mass is 32.1. The second-order valence-electron chi connectivity index (χ2n) is 5.77. The molecule has 0 atom stereocenters. The first kappa shape index (κ1) is 13.7. The third kappa shape index (κ3) is 2.48. The number of thiophene rings is 1. The molecule has 0 bridgehead atoms. The van der Waals surface area contributed by atoms with Gasteiger partial charge in [0, 0.05) is 42.2 Å². The largest absolute Gasteiger partial charge is 0.440 e. The highest BCUT2D eigenvalue weighted by Crippen LogP contribution is 2.29. The van der Waals surface area contributed by atoms with Crippen LogP contribution in [0, 0.1) is 13.8 Å². The summed E-state index contributed by atoms with van der Waals surface area (Å²) < 4.78 is 5.86. The zero-order chi connectivity index (χ0) is 15.1. The first-order valence-electron chi connectivity index (χ1n) is 7.45. The molecule has 0 fully saturated rings. The van der Waals surface area contributed by atoms with Gasteiger partial charge in [-0.15, -0.1) is 11.3 Å².